The van der Waals surface area contributed by atoms with Crippen LogP contribution in [0.2, 0.25) is 0 Å². The maximum absolute atomic E-state index is 12.5. The predicted octanol–water partition coefficient (Wildman–Crippen LogP) is 2.64. The number of ether oxygens (including phenoxy) is 1. The van der Waals surface area contributed by atoms with Crippen LogP contribution in [0.1, 0.15) is 18.1 Å². The van der Waals surface area contributed by atoms with Crippen LogP contribution in [0.25, 0.3) is 0 Å². The van der Waals surface area contributed by atoms with E-state index in [0.29, 0.717) is 0 Å². The van der Waals surface area contributed by atoms with Gasteiger partial charge in [-0.1, -0.05) is 23.4 Å². The molecular weight excluding hydrogens is 263 g/mol. The molecule has 0 heterocycles. The van der Waals surface area contributed by atoms with E-state index in [1.807, 2.05) is 0 Å². The van der Waals surface area contributed by atoms with Crippen LogP contribution in [0, 0.1) is 0 Å². The zero-order valence-electron chi connectivity index (χ0n) is 10.1. The fourth-order valence-corrected chi connectivity index (χ4v) is 1.41. The summed E-state index contributed by atoms with van der Waals surface area (Å²) in [6, 6.07) is 4.44. The fraction of sp³-hybridized carbons (Fsp3) is 0.333. The maximum atomic E-state index is 12.5. The molecule has 0 aliphatic heterocycles. The third-order valence-corrected chi connectivity index (χ3v) is 2.26. The molecule has 1 rings (SSSR count). The van der Waals surface area contributed by atoms with Gasteiger partial charge in [-0.25, -0.2) is 4.79 Å². The molecule has 7 heteroatoms. The zero-order chi connectivity index (χ0) is 14.5. The molecular formula is C12H12F3NO3. The first-order valence-corrected chi connectivity index (χ1v) is 5.42. The summed E-state index contributed by atoms with van der Waals surface area (Å²) in [5.41, 5.74) is -0.969. The number of carbonyl (C=O) groups is 1. The van der Waals surface area contributed by atoms with Gasteiger partial charge in [0, 0.05) is 6.42 Å². The molecule has 1 N–H and O–H groups in total. The standard InChI is InChI=1S/C12H12F3NO3/c1-2-19-11(17)10(16-18)7-8-4-3-5-9(6-8)12(13,14)15/h3-6,18H,2,7H2,1H3. The van der Waals surface area contributed by atoms with E-state index in [-0.39, 0.29) is 24.3 Å². The first-order chi connectivity index (χ1) is 8.88. The van der Waals surface area contributed by atoms with Crippen molar-refractivity contribution in [2.75, 3.05) is 6.61 Å². The van der Waals surface area contributed by atoms with Crippen LogP contribution in [-0.2, 0) is 22.1 Å². The lowest BCUT2D eigenvalue weighted by Gasteiger charge is -2.09. The molecule has 0 amide bonds. The minimum Gasteiger partial charge on any atom is -0.461 e. The van der Waals surface area contributed by atoms with Crippen molar-refractivity contribution < 1.29 is 27.9 Å². The van der Waals surface area contributed by atoms with Crippen molar-refractivity contribution in [3.05, 3.63) is 35.4 Å². The van der Waals surface area contributed by atoms with Gasteiger partial charge < -0.3 is 9.94 Å². The smallest absolute Gasteiger partial charge is 0.416 e. The average Bonchev–Trinajstić information content (AvgIpc) is 2.35. The Morgan fingerprint density at radius 1 is 1.42 bits per heavy atom. The fourth-order valence-electron chi connectivity index (χ4n) is 1.41. The lowest BCUT2D eigenvalue weighted by Crippen LogP contribution is -2.20. The van der Waals surface area contributed by atoms with E-state index in [4.69, 9.17) is 5.21 Å². The number of halogens is 3. The molecule has 0 fully saturated rings. The van der Waals surface area contributed by atoms with Gasteiger partial charge in [0.25, 0.3) is 0 Å². The number of nitrogens with zero attached hydrogens (tertiary/aromatic N) is 1. The molecule has 0 aliphatic rings. The van der Waals surface area contributed by atoms with Crippen LogP contribution >= 0.6 is 0 Å². The predicted molar refractivity (Wildman–Crippen MR) is 61.0 cm³/mol. The lowest BCUT2D eigenvalue weighted by molar-refractivity contribution is -0.137. The Morgan fingerprint density at radius 2 is 2.11 bits per heavy atom. The molecule has 4 nitrogen and oxygen atoms in total. The van der Waals surface area contributed by atoms with Gasteiger partial charge >= 0.3 is 12.1 Å². The minimum absolute atomic E-state index is 0.0838. The van der Waals surface area contributed by atoms with Crippen molar-refractivity contribution in [1.29, 1.82) is 0 Å². The van der Waals surface area contributed by atoms with E-state index in [0.717, 1.165) is 12.1 Å². The normalized spacial score (nSPS) is 12.3. The molecule has 0 spiro atoms. The number of oxime groups is 1. The highest BCUT2D eigenvalue weighted by Crippen LogP contribution is 2.29. The van der Waals surface area contributed by atoms with Crippen molar-refractivity contribution in [3.8, 4) is 0 Å². The van der Waals surface area contributed by atoms with Crippen molar-refractivity contribution in [2.24, 2.45) is 5.16 Å². The molecule has 0 saturated carbocycles. The Hall–Kier alpha value is -2.05. The molecule has 19 heavy (non-hydrogen) atoms. The monoisotopic (exact) mass is 275 g/mol. The molecule has 104 valence electrons. The SMILES string of the molecule is CCOC(=O)C(Cc1cccc(C(F)(F)F)c1)=NO. The van der Waals surface area contributed by atoms with E-state index in [9.17, 15) is 18.0 Å². The Kier molecular flexibility index (Phi) is 4.91. The van der Waals surface area contributed by atoms with E-state index >= 15 is 0 Å². The van der Waals surface area contributed by atoms with Crippen molar-refractivity contribution >= 4 is 11.7 Å². The Morgan fingerprint density at radius 3 is 2.63 bits per heavy atom. The van der Waals surface area contributed by atoms with Crippen molar-refractivity contribution in [2.45, 2.75) is 19.5 Å². The molecule has 1 aromatic rings. The number of alkyl halides is 3. The Labute approximate surface area is 107 Å². The van der Waals surface area contributed by atoms with E-state index < -0.39 is 17.7 Å². The van der Waals surface area contributed by atoms with E-state index in [1.165, 1.54) is 12.1 Å². The number of hydrogen-bond acceptors (Lipinski definition) is 4. The van der Waals surface area contributed by atoms with Crippen LogP contribution in [0.5, 0.6) is 0 Å². The molecule has 0 bridgehead atoms. The van der Waals surface area contributed by atoms with Crippen LogP contribution in [0.15, 0.2) is 29.4 Å². The third kappa shape index (κ3) is 4.27. The maximum Gasteiger partial charge on any atom is 0.416 e. The van der Waals surface area contributed by atoms with E-state index in [1.54, 1.807) is 6.92 Å². The highest BCUT2D eigenvalue weighted by atomic mass is 19.4. The van der Waals surface area contributed by atoms with Crippen molar-refractivity contribution in [1.82, 2.24) is 0 Å². The lowest BCUT2D eigenvalue weighted by atomic mass is 10.1. The number of benzene rings is 1. The topological polar surface area (TPSA) is 58.9 Å². The zero-order valence-corrected chi connectivity index (χ0v) is 10.1. The van der Waals surface area contributed by atoms with Gasteiger partial charge in [-0.2, -0.15) is 13.2 Å². The van der Waals surface area contributed by atoms with Gasteiger partial charge in [-0.05, 0) is 18.6 Å². The number of rotatable bonds is 4. The van der Waals surface area contributed by atoms with Gasteiger partial charge in [0.2, 0.25) is 0 Å². The molecule has 1 aromatic carbocycles. The van der Waals surface area contributed by atoms with Gasteiger partial charge in [-0.15, -0.1) is 0 Å². The Bertz CT molecular complexity index is 483. The second-order valence-corrected chi connectivity index (χ2v) is 3.64. The van der Waals surface area contributed by atoms with Crippen LogP contribution < -0.4 is 0 Å². The second kappa shape index (κ2) is 6.21. The van der Waals surface area contributed by atoms with Gasteiger partial charge in [0.05, 0.1) is 12.2 Å². The highest BCUT2D eigenvalue weighted by molar-refractivity contribution is 6.36. The first kappa shape index (κ1) is 15.0. The summed E-state index contributed by atoms with van der Waals surface area (Å²) in [4.78, 5) is 11.3. The van der Waals surface area contributed by atoms with Gasteiger partial charge in [0.1, 0.15) is 0 Å². The molecule has 0 aliphatic carbocycles. The highest BCUT2D eigenvalue weighted by Gasteiger charge is 2.30. The molecule has 0 aromatic heterocycles. The first-order valence-electron chi connectivity index (χ1n) is 5.42. The third-order valence-electron chi connectivity index (χ3n) is 2.26. The van der Waals surface area contributed by atoms with Crippen molar-refractivity contribution in [3.63, 3.8) is 0 Å². The summed E-state index contributed by atoms with van der Waals surface area (Å²) in [6.07, 6.45) is -4.70. The Balaban J connectivity index is 2.90. The summed E-state index contributed by atoms with van der Waals surface area (Å²) < 4.78 is 42.1. The molecule has 0 saturated heterocycles. The van der Waals surface area contributed by atoms with Crippen LogP contribution in [0.4, 0.5) is 13.2 Å². The number of esters is 1. The quantitative estimate of drug-likeness (QED) is 0.398. The largest absolute Gasteiger partial charge is 0.461 e. The molecule has 0 atom stereocenters. The molecule has 0 radical (unpaired) electrons. The van der Waals surface area contributed by atoms with Gasteiger partial charge in [0.15, 0.2) is 5.71 Å². The average molecular weight is 275 g/mol. The van der Waals surface area contributed by atoms with Crippen LogP contribution in [-0.4, -0.2) is 23.5 Å². The summed E-state index contributed by atoms with van der Waals surface area (Å²) in [5, 5.41) is 11.4. The number of hydrogen-bond donors (Lipinski definition) is 1. The summed E-state index contributed by atoms with van der Waals surface area (Å²) in [5.74, 6) is -0.859. The van der Waals surface area contributed by atoms with E-state index in [2.05, 4.69) is 9.89 Å². The summed E-state index contributed by atoms with van der Waals surface area (Å²) in [6.45, 7) is 1.65. The number of carbonyl (C=O) groups excluding carboxylic acids is 1. The summed E-state index contributed by atoms with van der Waals surface area (Å²) >= 11 is 0. The minimum atomic E-state index is -4.46. The molecule has 0 unspecified atom stereocenters. The van der Waals surface area contributed by atoms with Gasteiger partial charge in [-0.3, -0.25) is 0 Å². The van der Waals surface area contributed by atoms with Crippen LogP contribution in [0.3, 0.4) is 0 Å². The summed E-state index contributed by atoms with van der Waals surface area (Å²) in [7, 11) is 0. The second-order valence-electron chi connectivity index (χ2n) is 3.64.